The van der Waals surface area contributed by atoms with Crippen LogP contribution in [0.15, 0.2) is 33.9 Å². The van der Waals surface area contributed by atoms with Gasteiger partial charge in [-0.15, -0.1) is 5.10 Å². The molecular formula is C15H10ClF3N4O3S. The SMILES string of the molecule is Cc1nnc(Oc2cc(-n3c(=O)cc(C(F)(F)F)n(C)c3=O)ccc2Cl)s1. The average Bonchev–Trinajstić information content (AvgIpc) is 2.98. The fourth-order valence-corrected chi connectivity index (χ4v) is 2.96. The molecule has 0 unspecified atom stereocenters. The van der Waals surface area contributed by atoms with Gasteiger partial charge in [0.1, 0.15) is 10.7 Å². The maximum Gasteiger partial charge on any atom is 0.431 e. The Morgan fingerprint density at radius 2 is 1.89 bits per heavy atom. The average molecular weight is 419 g/mol. The molecule has 0 saturated heterocycles. The van der Waals surface area contributed by atoms with Gasteiger partial charge in [-0.05, 0) is 19.1 Å². The van der Waals surface area contributed by atoms with E-state index in [9.17, 15) is 22.8 Å². The third-order valence-corrected chi connectivity index (χ3v) is 4.52. The van der Waals surface area contributed by atoms with Crippen molar-refractivity contribution in [1.29, 1.82) is 0 Å². The van der Waals surface area contributed by atoms with Crippen LogP contribution in [0, 0.1) is 6.92 Å². The van der Waals surface area contributed by atoms with Crippen molar-refractivity contribution in [3.05, 3.63) is 60.8 Å². The van der Waals surface area contributed by atoms with Crippen molar-refractivity contribution < 1.29 is 17.9 Å². The van der Waals surface area contributed by atoms with Gasteiger partial charge in [0.25, 0.3) is 10.8 Å². The summed E-state index contributed by atoms with van der Waals surface area (Å²) in [5.74, 6) is 0.0687. The number of aromatic nitrogens is 4. The largest absolute Gasteiger partial charge is 0.431 e. The van der Waals surface area contributed by atoms with Crippen molar-refractivity contribution in [2.45, 2.75) is 13.1 Å². The molecule has 0 N–H and O–H groups in total. The van der Waals surface area contributed by atoms with Crippen molar-refractivity contribution in [2.24, 2.45) is 7.05 Å². The molecular weight excluding hydrogens is 409 g/mol. The third kappa shape index (κ3) is 3.74. The number of nitrogens with zero attached hydrogens (tertiary/aromatic N) is 4. The van der Waals surface area contributed by atoms with Crippen LogP contribution in [0.2, 0.25) is 5.02 Å². The first-order chi connectivity index (χ1) is 12.6. The Balaban J connectivity index is 2.12. The van der Waals surface area contributed by atoms with E-state index in [1.165, 1.54) is 18.2 Å². The number of ether oxygens (including phenoxy) is 1. The van der Waals surface area contributed by atoms with E-state index in [4.69, 9.17) is 16.3 Å². The molecule has 2 heterocycles. The molecule has 142 valence electrons. The molecule has 0 atom stereocenters. The Labute approximate surface area is 158 Å². The number of alkyl halides is 3. The van der Waals surface area contributed by atoms with Crippen molar-refractivity contribution in [3.8, 4) is 16.6 Å². The van der Waals surface area contributed by atoms with Crippen LogP contribution in [-0.2, 0) is 13.2 Å². The number of hydrogen-bond acceptors (Lipinski definition) is 6. The first kappa shape index (κ1) is 19.1. The Bertz CT molecular complexity index is 1140. The number of aryl methyl sites for hydroxylation is 1. The van der Waals surface area contributed by atoms with E-state index in [1.807, 2.05) is 0 Å². The molecule has 1 aromatic carbocycles. The van der Waals surface area contributed by atoms with E-state index < -0.39 is 23.1 Å². The van der Waals surface area contributed by atoms with Gasteiger partial charge in [0.2, 0.25) is 0 Å². The minimum Gasteiger partial charge on any atom is -0.428 e. The van der Waals surface area contributed by atoms with E-state index in [2.05, 4.69) is 10.2 Å². The van der Waals surface area contributed by atoms with Gasteiger partial charge in [-0.3, -0.25) is 9.36 Å². The highest BCUT2D eigenvalue weighted by atomic mass is 35.5. The quantitative estimate of drug-likeness (QED) is 0.653. The number of halogens is 4. The van der Waals surface area contributed by atoms with Gasteiger partial charge >= 0.3 is 11.9 Å². The van der Waals surface area contributed by atoms with Gasteiger partial charge in [-0.25, -0.2) is 9.36 Å². The molecule has 0 spiro atoms. The van der Waals surface area contributed by atoms with Gasteiger partial charge < -0.3 is 4.74 Å². The van der Waals surface area contributed by atoms with Gasteiger partial charge in [-0.1, -0.05) is 28.0 Å². The van der Waals surface area contributed by atoms with Crippen molar-refractivity contribution in [1.82, 2.24) is 19.3 Å². The van der Waals surface area contributed by atoms with Crippen LogP contribution in [0.1, 0.15) is 10.7 Å². The normalized spacial score (nSPS) is 11.6. The summed E-state index contributed by atoms with van der Waals surface area (Å²) in [6.07, 6.45) is -4.84. The number of hydrogen-bond donors (Lipinski definition) is 0. The van der Waals surface area contributed by atoms with Gasteiger partial charge in [-0.2, -0.15) is 13.2 Å². The summed E-state index contributed by atoms with van der Waals surface area (Å²) in [6, 6.07) is 4.28. The monoisotopic (exact) mass is 418 g/mol. The predicted molar refractivity (Wildman–Crippen MR) is 92.0 cm³/mol. The summed E-state index contributed by atoms with van der Waals surface area (Å²) in [5, 5.41) is 8.53. The van der Waals surface area contributed by atoms with Crippen LogP contribution in [0.5, 0.6) is 10.9 Å². The summed E-state index contributed by atoms with van der Waals surface area (Å²) in [7, 11) is 0.929. The summed E-state index contributed by atoms with van der Waals surface area (Å²) < 4.78 is 45.3. The van der Waals surface area contributed by atoms with Gasteiger partial charge in [0, 0.05) is 19.2 Å². The topological polar surface area (TPSA) is 79.0 Å². The highest BCUT2D eigenvalue weighted by Gasteiger charge is 2.35. The zero-order chi connectivity index (χ0) is 19.9. The van der Waals surface area contributed by atoms with Crippen molar-refractivity contribution >= 4 is 22.9 Å². The smallest absolute Gasteiger partial charge is 0.428 e. The maximum absolute atomic E-state index is 12.9. The lowest BCUT2D eigenvalue weighted by atomic mass is 10.3. The summed E-state index contributed by atoms with van der Waals surface area (Å²) in [6.45, 7) is 1.72. The second kappa shape index (κ2) is 6.82. The van der Waals surface area contributed by atoms with Crippen LogP contribution in [0.25, 0.3) is 5.69 Å². The lowest BCUT2D eigenvalue weighted by Gasteiger charge is -2.14. The van der Waals surface area contributed by atoms with Gasteiger partial charge in [0.15, 0.2) is 5.75 Å². The highest BCUT2D eigenvalue weighted by molar-refractivity contribution is 7.13. The van der Waals surface area contributed by atoms with E-state index >= 15 is 0 Å². The predicted octanol–water partition coefficient (Wildman–Crippen LogP) is 3.16. The fraction of sp³-hybridized carbons (Fsp3) is 0.200. The van der Waals surface area contributed by atoms with E-state index in [0.29, 0.717) is 20.2 Å². The minimum atomic E-state index is -4.84. The molecule has 0 aliphatic carbocycles. The molecule has 0 aliphatic heterocycles. The Morgan fingerprint density at radius 1 is 1.19 bits per heavy atom. The summed E-state index contributed by atoms with van der Waals surface area (Å²) in [4.78, 5) is 24.5. The standard InChI is InChI=1S/C15H10ClF3N4O3S/c1-7-20-21-13(27-7)26-10-5-8(3-4-9(10)16)23-12(24)6-11(15(17,18)19)22(2)14(23)25/h3-6H,1-2H3. The molecule has 2 aromatic heterocycles. The van der Waals surface area contributed by atoms with E-state index in [0.717, 1.165) is 18.4 Å². The first-order valence-electron chi connectivity index (χ1n) is 7.26. The molecule has 0 bridgehead atoms. The van der Waals surface area contributed by atoms with Crippen molar-refractivity contribution in [2.75, 3.05) is 0 Å². The van der Waals surface area contributed by atoms with Crippen LogP contribution in [-0.4, -0.2) is 19.3 Å². The maximum atomic E-state index is 12.9. The summed E-state index contributed by atoms with van der Waals surface area (Å²) >= 11 is 7.19. The molecule has 12 heteroatoms. The second-order valence-electron chi connectivity index (χ2n) is 5.35. The molecule has 0 radical (unpaired) electrons. The molecule has 3 rings (SSSR count). The van der Waals surface area contributed by atoms with Crippen LogP contribution < -0.4 is 16.0 Å². The first-order valence-corrected chi connectivity index (χ1v) is 8.45. The lowest BCUT2D eigenvalue weighted by Crippen LogP contribution is -2.40. The molecule has 3 aromatic rings. The Kier molecular flexibility index (Phi) is 4.82. The highest BCUT2D eigenvalue weighted by Crippen LogP contribution is 2.32. The van der Waals surface area contributed by atoms with Gasteiger partial charge in [0.05, 0.1) is 10.7 Å². The molecule has 0 aliphatic rings. The second-order valence-corrected chi connectivity index (χ2v) is 6.90. The fourth-order valence-electron chi connectivity index (χ4n) is 2.26. The Morgan fingerprint density at radius 3 is 2.48 bits per heavy atom. The van der Waals surface area contributed by atoms with Crippen LogP contribution in [0.3, 0.4) is 0 Å². The Hall–Kier alpha value is -2.66. The molecule has 27 heavy (non-hydrogen) atoms. The number of rotatable bonds is 3. The summed E-state index contributed by atoms with van der Waals surface area (Å²) in [5.41, 5.74) is -3.64. The van der Waals surface area contributed by atoms with Crippen LogP contribution in [0.4, 0.5) is 13.2 Å². The number of benzene rings is 1. The van der Waals surface area contributed by atoms with Crippen molar-refractivity contribution in [3.63, 3.8) is 0 Å². The van der Waals surface area contributed by atoms with Crippen LogP contribution >= 0.6 is 22.9 Å². The zero-order valence-corrected chi connectivity index (χ0v) is 15.3. The minimum absolute atomic E-state index is 0.00467. The van der Waals surface area contributed by atoms with E-state index in [-0.39, 0.29) is 21.7 Å². The third-order valence-electron chi connectivity index (χ3n) is 3.49. The molecule has 7 nitrogen and oxygen atoms in total. The zero-order valence-electron chi connectivity index (χ0n) is 13.7. The molecule has 0 saturated carbocycles. The molecule has 0 fully saturated rings. The van der Waals surface area contributed by atoms with E-state index in [1.54, 1.807) is 6.92 Å². The lowest BCUT2D eigenvalue weighted by molar-refractivity contribution is -0.144. The molecule has 0 amide bonds.